The molecule has 2 heteroatoms. The second kappa shape index (κ2) is 11.9. The van der Waals surface area contributed by atoms with Gasteiger partial charge in [-0.05, 0) is 54.9 Å². The zero-order chi connectivity index (χ0) is 20.3. The van der Waals surface area contributed by atoms with Crippen molar-refractivity contribution in [2.24, 2.45) is 0 Å². The fraction of sp³-hybridized carbons (Fsp3) is 0.680. The van der Waals surface area contributed by atoms with Crippen LogP contribution < -0.4 is 0 Å². The van der Waals surface area contributed by atoms with Crippen molar-refractivity contribution in [2.75, 3.05) is 6.61 Å². The minimum Gasteiger partial charge on any atom is -0.413 e. The second-order valence-electron chi connectivity index (χ2n) is 9.63. The van der Waals surface area contributed by atoms with Crippen molar-refractivity contribution in [2.45, 2.75) is 104 Å². The van der Waals surface area contributed by atoms with Gasteiger partial charge in [-0.1, -0.05) is 96.2 Å². The smallest absolute Gasteiger partial charge is 0.192 e. The summed E-state index contributed by atoms with van der Waals surface area (Å²) in [6.45, 7) is 18.7. The molecule has 1 nitrogen and oxygen atoms in total. The molecule has 1 rings (SSSR count). The highest BCUT2D eigenvalue weighted by Crippen LogP contribution is 2.36. The summed E-state index contributed by atoms with van der Waals surface area (Å²) in [5.74, 6) is 0. The van der Waals surface area contributed by atoms with E-state index in [0.717, 1.165) is 12.8 Å². The molecule has 0 amide bonds. The van der Waals surface area contributed by atoms with E-state index in [-0.39, 0.29) is 5.04 Å². The van der Waals surface area contributed by atoms with Crippen LogP contribution in [-0.2, 0) is 17.3 Å². The molecular weight excluding hydrogens is 344 g/mol. The quantitative estimate of drug-likeness (QED) is 0.188. The molecule has 0 heterocycles. The molecule has 0 bridgehead atoms. The zero-order valence-electron chi connectivity index (χ0n) is 19.0. The predicted molar refractivity (Wildman–Crippen MR) is 124 cm³/mol. The molecule has 27 heavy (non-hydrogen) atoms. The molecule has 0 radical (unpaired) electrons. The van der Waals surface area contributed by atoms with Crippen LogP contribution in [0.1, 0.15) is 83.8 Å². The van der Waals surface area contributed by atoms with Crippen molar-refractivity contribution < 1.29 is 4.43 Å². The molecule has 0 saturated heterocycles. The minimum absolute atomic E-state index is 0.263. The van der Waals surface area contributed by atoms with Gasteiger partial charge in [0.05, 0.1) is 6.61 Å². The van der Waals surface area contributed by atoms with Gasteiger partial charge in [-0.15, -0.1) is 0 Å². The number of benzene rings is 1. The van der Waals surface area contributed by atoms with Crippen molar-refractivity contribution in [3.8, 4) is 0 Å². The number of rotatable bonds is 13. The molecule has 0 aliphatic carbocycles. The first kappa shape index (κ1) is 24.2. The highest BCUT2D eigenvalue weighted by molar-refractivity contribution is 6.74. The van der Waals surface area contributed by atoms with Crippen LogP contribution in [0.15, 0.2) is 36.4 Å². The summed E-state index contributed by atoms with van der Waals surface area (Å²) in [4.78, 5) is 0. The molecule has 0 aromatic heterocycles. The maximum absolute atomic E-state index is 6.28. The molecule has 0 unspecified atom stereocenters. The van der Waals surface area contributed by atoms with Crippen molar-refractivity contribution in [3.05, 3.63) is 47.5 Å². The van der Waals surface area contributed by atoms with E-state index in [9.17, 15) is 0 Å². The van der Waals surface area contributed by atoms with Gasteiger partial charge in [-0.2, -0.15) is 0 Å². The van der Waals surface area contributed by atoms with E-state index in [4.69, 9.17) is 4.43 Å². The lowest BCUT2D eigenvalue weighted by Crippen LogP contribution is -2.41. The van der Waals surface area contributed by atoms with Gasteiger partial charge in [-0.25, -0.2) is 0 Å². The lowest BCUT2D eigenvalue weighted by atomic mass is 10.0. The Kier molecular flexibility index (Phi) is 10.6. The third-order valence-corrected chi connectivity index (χ3v) is 10.5. The van der Waals surface area contributed by atoms with E-state index >= 15 is 0 Å². The van der Waals surface area contributed by atoms with E-state index in [1.54, 1.807) is 0 Å². The fourth-order valence-electron chi connectivity index (χ4n) is 2.87. The van der Waals surface area contributed by atoms with Gasteiger partial charge in [0.15, 0.2) is 8.32 Å². The van der Waals surface area contributed by atoms with Crippen LogP contribution in [0.5, 0.6) is 0 Å². The summed E-state index contributed by atoms with van der Waals surface area (Å²) in [7, 11) is -1.67. The predicted octanol–water partition coefficient (Wildman–Crippen LogP) is 8.10. The molecule has 0 aliphatic rings. The van der Waals surface area contributed by atoms with Crippen molar-refractivity contribution in [1.29, 1.82) is 0 Å². The molecule has 0 aliphatic heterocycles. The first-order chi connectivity index (χ1) is 12.7. The van der Waals surface area contributed by atoms with Gasteiger partial charge in [-0.3, -0.25) is 0 Å². The lowest BCUT2D eigenvalue weighted by Gasteiger charge is -2.36. The van der Waals surface area contributed by atoms with E-state index < -0.39 is 8.32 Å². The maximum Gasteiger partial charge on any atom is 0.192 e. The number of aryl methyl sites for hydroxylation is 2. The normalized spacial score (nSPS) is 12.4. The van der Waals surface area contributed by atoms with Crippen LogP contribution in [0.4, 0.5) is 0 Å². The van der Waals surface area contributed by atoms with E-state index in [0.29, 0.717) is 6.61 Å². The van der Waals surface area contributed by atoms with Crippen molar-refractivity contribution in [3.63, 3.8) is 0 Å². The number of hydrogen-bond acceptors (Lipinski definition) is 1. The van der Waals surface area contributed by atoms with E-state index in [1.165, 1.54) is 61.6 Å². The molecule has 0 saturated carbocycles. The Morgan fingerprint density at radius 3 is 1.96 bits per heavy atom. The molecule has 154 valence electrons. The van der Waals surface area contributed by atoms with Crippen LogP contribution in [0.2, 0.25) is 18.1 Å². The molecule has 0 N–H and O–H groups in total. The van der Waals surface area contributed by atoms with E-state index in [1.807, 2.05) is 0 Å². The van der Waals surface area contributed by atoms with Gasteiger partial charge in [0, 0.05) is 0 Å². The number of unbranched alkanes of at least 4 members (excludes halogenated alkanes) is 5. The molecule has 1 aromatic carbocycles. The highest BCUT2D eigenvalue weighted by Gasteiger charge is 2.36. The molecule has 1 aromatic rings. The number of hydrogen-bond donors (Lipinski definition) is 0. The van der Waals surface area contributed by atoms with Gasteiger partial charge in [0.25, 0.3) is 0 Å². The van der Waals surface area contributed by atoms with Crippen LogP contribution in [0.25, 0.3) is 0 Å². The SMILES string of the molecule is C=C(CCc1ccc(CCCCCCCC)cc1)CO[Si](C)(C)C(C)(C)C. The van der Waals surface area contributed by atoms with Crippen LogP contribution in [-0.4, -0.2) is 14.9 Å². The molecule has 0 spiro atoms. The molecular formula is C25H44OSi. The summed E-state index contributed by atoms with van der Waals surface area (Å²) < 4.78 is 6.28. The lowest BCUT2D eigenvalue weighted by molar-refractivity contribution is 0.315. The third-order valence-electron chi connectivity index (χ3n) is 6.05. The Hall–Kier alpha value is -0.863. The van der Waals surface area contributed by atoms with Crippen LogP contribution >= 0.6 is 0 Å². The summed E-state index contributed by atoms with van der Waals surface area (Å²) in [6.07, 6.45) is 11.5. The van der Waals surface area contributed by atoms with E-state index in [2.05, 4.69) is 71.6 Å². The average molecular weight is 389 g/mol. The Bertz CT molecular complexity index is 536. The minimum atomic E-state index is -1.67. The van der Waals surface area contributed by atoms with Crippen LogP contribution in [0.3, 0.4) is 0 Å². The largest absolute Gasteiger partial charge is 0.413 e. The first-order valence-electron chi connectivity index (χ1n) is 11.0. The maximum atomic E-state index is 6.28. The highest BCUT2D eigenvalue weighted by atomic mass is 28.4. The van der Waals surface area contributed by atoms with Gasteiger partial charge >= 0.3 is 0 Å². The Balaban J connectivity index is 2.28. The third kappa shape index (κ3) is 9.76. The zero-order valence-corrected chi connectivity index (χ0v) is 20.0. The Labute approximate surface area is 170 Å². The Morgan fingerprint density at radius 1 is 0.889 bits per heavy atom. The van der Waals surface area contributed by atoms with Crippen molar-refractivity contribution in [1.82, 2.24) is 0 Å². The average Bonchev–Trinajstić information content (AvgIpc) is 2.61. The van der Waals surface area contributed by atoms with Crippen LogP contribution in [0, 0.1) is 0 Å². The molecule has 0 atom stereocenters. The summed E-state index contributed by atoms with van der Waals surface area (Å²) in [5.41, 5.74) is 4.11. The first-order valence-corrected chi connectivity index (χ1v) is 13.9. The van der Waals surface area contributed by atoms with Gasteiger partial charge in [0.2, 0.25) is 0 Å². The van der Waals surface area contributed by atoms with Crippen molar-refractivity contribution >= 4 is 8.32 Å². The Morgan fingerprint density at radius 2 is 1.41 bits per heavy atom. The summed E-state index contributed by atoms with van der Waals surface area (Å²) in [5, 5.41) is 0.263. The van der Waals surface area contributed by atoms with Gasteiger partial charge in [0.1, 0.15) is 0 Å². The second-order valence-corrected chi connectivity index (χ2v) is 14.4. The standard InChI is InChI=1S/C25H44OSi/c1-8-9-10-11-12-13-14-23-17-19-24(20-18-23)16-15-22(2)21-26-27(6,7)25(3,4)5/h17-20H,2,8-16,21H2,1,3-7H3. The summed E-state index contributed by atoms with van der Waals surface area (Å²) >= 11 is 0. The fourth-order valence-corrected chi connectivity index (χ4v) is 3.87. The monoisotopic (exact) mass is 388 g/mol. The topological polar surface area (TPSA) is 9.23 Å². The van der Waals surface area contributed by atoms with Gasteiger partial charge < -0.3 is 4.43 Å². The molecule has 0 fully saturated rings. The summed E-state index contributed by atoms with van der Waals surface area (Å²) in [6, 6.07) is 9.23.